The molecule has 0 amide bonds. The molecule has 29 heavy (non-hydrogen) atoms. The van der Waals surface area contributed by atoms with Crippen molar-refractivity contribution in [2.75, 3.05) is 5.32 Å². The van der Waals surface area contributed by atoms with E-state index in [9.17, 15) is 4.39 Å². The Hall–Kier alpha value is -3.25. The molecule has 1 fully saturated rings. The zero-order valence-corrected chi connectivity index (χ0v) is 16.2. The van der Waals surface area contributed by atoms with Gasteiger partial charge in [-0.05, 0) is 31.5 Å². The fourth-order valence-electron chi connectivity index (χ4n) is 3.87. The number of aromatic nitrogens is 3. The summed E-state index contributed by atoms with van der Waals surface area (Å²) in [6, 6.07) is 7.32. The number of amidine groups is 1. The summed E-state index contributed by atoms with van der Waals surface area (Å²) in [6.07, 6.45) is 5.50. The van der Waals surface area contributed by atoms with Crippen LogP contribution in [0.4, 0.5) is 15.9 Å². The van der Waals surface area contributed by atoms with Crippen LogP contribution in [0, 0.1) is 23.2 Å². The van der Waals surface area contributed by atoms with Gasteiger partial charge in [0, 0.05) is 34.5 Å². The Morgan fingerprint density at radius 1 is 1.31 bits per heavy atom. The van der Waals surface area contributed by atoms with Crippen LogP contribution in [0.5, 0.6) is 0 Å². The van der Waals surface area contributed by atoms with Gasteiger partial charge in [0.2, 0.25) is 5.95 Å². The third-order valence-corrected chi connectivity index (χ3v) is 6.60. The van der Waals surface area contributed by atoms with Crippen LogP contribution in [0.25, 0.3) is 10.9 Å². The Morgan fingerprint density at radius 3 is 3.00 bits per heavy atom. The summed E-state index contributed by atoms with van der Waals surface area (Å²) >= 11 is 1.56. The molecule has 1 aliphatic carbocycles. The lowest BCUT2D eigenvalue weighted by Crippen LogP contribution is -2.32. The quantitative estimate of drug-likeness (QED) is 0.642. The fourth-order valence-corrected chi connectivity index (χ4v) is 5.15. The molecule has 0 unspecified atom stereocenters. The SMILES string of the molecule is C[C@]1(c2cc(Nc3nccc4cc(C#N)cnc34)cnc2F)N=C(N)S[C@H]2C[C@H]21. The largest absolute Gasteiger partial charge is 0.379 e. The molecule has 7 nitrogen and oxygen atoms in total. The molecular formula is C20H16FN7S. The topological polar surface area (TPSA) is 113 Å². The van der Waals surface area contributed by atoms with E-state index < -0.39 is 11.5 Å². The summed E-state index contributed by atoms with van der Waals surface area (Å²) in [5.74, 6) is 0.200. The number of hydrogen-bond acceptors (Lipinski definition) is 8. The van der Waals surface area contributed by atoms with E-state index in [0.29, 0.717) is 38.6 Å². The second kappa shape index (κ2) is 6.39. The first-order valence-electron chi connectivity index (χ1n) is 9.08. The van der Waals surface area contributed by atoms with E-state index in [1.165, 1.54) is 12.4 Å². The lowest BCUT2D eigenvalue weighted by Gasteiger charge is -2.30. The van der Waals surface area contributed by atoms with Crippen molar-refractivity contribution in [2.24, 2.45) is 16.6 Å². The predicted molar refractivity (Wildman–Crippen MR) is 110 cm³/mol. The molecule has 144 valence electrons. The average molecular weight is 405 g/mol. The molecule has 0 spiro atoms. The number of halogens is 1. The summed E-state index contributed by atoms with van der Waals surface area (Å²) in [7, 11) is 0. The van der Waals surface area contributed by atoms with E-state index in [4.69, 9.17) is 11.0 Å². The van der Waals surface area contributed by atoms with Gasteiger partial charge < -0.3 is 11.1 Å². The monoisotopic (exact) mass is 405 g/mol. The van der Waals surface area contributed by atoms with Crippen LogP contribution < -0.4 is 11.1 Å². The number of aliphatic imine (C=N–C) groups is 1. The standard InChI is InChI=1S/C20H16FN7S/c1-20(13-6-15(13)29-19(23)28-20)14-5-12(9-26-17(14)21)27-18-16-11(2-3-24-18)4-10(7-22)8-25-16/h2-5,8-9,13,15H,6H2,1H3,(H2,23,28)(H,24,27)/t13-,15+,20+/m1/s1. The molecular weight excluding hydrogens is 389 g/mol. The van der Waals surface area contributed by atoms with Crippen molar-refractivity contribution < 1.29 is 4.39 Å². The number of pyridine rings is 3. The first kappa shape index (κ1) is 17.8. The van der Waals surface area contributed by atoms with E-state index in [-0.39, 0.29) is 5.92 Å². The normalized spacial score (nSPS) is 25.1. The first-order chi connectivity index (χ1) is 14.0. The Labute approximate surface area is 170 Å². The van der Waals surface area contributed by atoms with Crippen LogP contribution in [0.2, 0.25) is 0 Å². The molecule has 3 N–H and O–H groups in total. The van der Waals surface area contributed by atoms with Crippen molar-refractivity contribution in [1.82, 2.24) is 15.0 Å². The number of thioether (sulfide) groups is 1. The Bertz CT molecular complexity index is 1220. The third-order valence-electron chi connectivity index (χ3n) is 5.44. The third kappa shape index (κ3) is 2.96. The molecule has 3 aromatic heterocycles. The zero-order chi connectivity index (χ0) is 20.2. The van der Waals surface area contributed by atoms with Crippen molar-refractivity contribution >= 4 is 39.3 Å². The van der Waals surface area contributed by atoms with Crippen LogP contribution in [-0.4, -0.2) is 25.4 Å². The molecule has 1 saturated carbocycles. The van der Waals surface area contributed by atoms with Gasteiger partial charge in [0.25, 0.3) is 0 Å². The van der Waals surface area contributed by atoms with Crippen LogP contribution in [0.3, 0.4) is 0 Å². The molecule has 2 aliphatic rings. The van der Waals surface area contributed by atoms with Crippen molar-refractivity contribution in [2.45, 2.75) is 24.1 Å². The number of nitrogens with zero attached hydrogens (tertiary/aromatic N) is 5. The van der Waals surface area contributed by atoms with Gasteiger partial charge in [-0.1, -0.05) is 11.8 Å². The maximum Gasteiger partial charge on any atom is 0.218 e. The van der Waals surface area contributed by atoms with Crippen molar-refractivity contribution in [1.29, 1.82) is 5.26 Å². The molecule has 0 saturated heterocycles. The highest BCUT2D eigenvalue weighted by molar-refractivity contribution is 8.14. The van der Waals surface area contributed by atoms with Crippen molar-refractivity contribution in [3.8, 4) is 6.07 Å². The highest BCUT2D eigenvalue weighted by atomic mass is 32.2. The average Bonchev–Trinajstić information content (AvgIpc) is 3.49. The summed E-state index contributed by atoms with van der Waals surface area (Å²) < 4.78 is 14.7. The second-order valence-electron chi connectivity index (χ2n) is 7.35. The number of rotatable bonds is 3. The Morgan fingerprint density at radius 2 is 2.17 bits per heavy atom. The van der Waals surface area contributed by atoms with E-state index in [2.05, 4.69) is 31.3 Å². The van der Waals surface area contributed by atoms with Gasteiger partial charge in [-0.15, -0.1) is 0 Å². The van der Waals surface area contributed by atoms with Gasteiger partial charge in [0.1, 0.15) is 11.6 Å². The summed E-state index contributed by atoms with van der Waals surface area (Å²) in [6.45, 7) is 1.91. The molecule has 1 aliphatic heterocycles. The van der Waals surface area contributed by atoms with Gasteiger partial charge in [-0.3, -0.25) is 9.98 Å². The minimum absolute atomic E-state index is 0.244. The van der Waals surface area contributed by atoms with Crippen LogP contribution in [0.1, 0.15) is 24.5 Å². The fraction of sp³-hybridized carbons (Fsp3) is 0.250. The van der Waals surface area contributed by atoms with Crippen LogP contribution in [0.15, 0.2) is 41.8 Å². The minimum atomic E-state index is -0.735. The van der Waals surface area contributed by atoms with E-state index in [1.54, 1.807) is 36.2 Å². The zero-order valence-electron chi connectivity index (χ0n) is 15.4. The minimum Gasteiger partial charge on any atom is -0.379 e. The maximum atomic E-state index is 14.7. The van der Waals surface area contributed by atoms with Crippen LogP contribution in [-0.2, 0) is 5.54 Å². The number of anilines is 2. The molecule has 0 aromatic carbocycles. The lowest BCUT2D eigenvalue weighted by atomic mass is 9.88. The van der Waals surface area contributed by atoms with E-state index >= 15 is 0 Å². The van der Waals surface area contributed by atoms with Gasteiger partial charge in [-0.2, -0.15) is 9.65 Å². The summed E-state index contributed by atoms with van der Waals surface area (Å²) in [5.41, 5.74) is 7.32. The number of nitriles is 1. The molecule has 4 heterocycles. The van der Waals surface area contributed by atoms with Crippen molar-refractivity contribution in [3.63, 3.8) is 0 Å². The highest BCUT2D eigenvalue weighted by Gasteiger charge is 2.55. The highest BCUT2D eigenvalue weighted by Crippen LogP contribution is 2.57. The molecule has 9 heteroatoms. The second-order valence-corrected chi connectivity index (χ2v) is 8.61. The number of nitrogens with one attached hydrogen (secondary N) is 1. The van der Waals surface area contributed by atoms with Gasteiger partial charge in [-0.25, -0.2) is 9.97 Å². The molecule has 3 atom stereocenters. The maximum absolute atomic E-state index is 14.7. The molecule has 5 rings (SSSR count). The predicted octanol–water partition coefficient (Wildman–Crippen LogP) is 3.44. The van der Waals surface area contributed by atoms with E-state index in [1.807, 2.05) is 6.92 Å². The van der Waals surface area contributed by atoms with Gasteiger partial charge in [0.05, 0.1) is 23.0 Å². The number of fused-ring (bicyclic) bond motifs is 2. The van der Waals surface area contributed by atoms with E-state index in [0.717, 1.165) is 11.8 Å². The smallest absolute Gasteiger partial charge is 0.218 e. The lowest BCUT2D eigenvalue weighted by molar-refractivity contribution is 0.400. The Kier molecular flexibility index (Phi) is 3.93. The van der Waals surface area contributed by atoms with Gasteiger partial charge in [0.15, 0.2) is 11.0 Å². The molecule has 0 bridgehead atoms. The molecule has 0 radical (unpaired) electrons. The summed E-state index contributed by atoms with van der Waals surface area (Å²) in [4.78, 5) is 17.2. The van der Waals surface area contributed by atoms with Gasteiger partial charge >= 0.3 is 0 Å². The first-order valence-corrected chi connectivity index (χ1v) is 9.96. The van der Waals surface area contributed by atoms with Crippen molar-refractivity contribution in [3.05, 3.63) is 53.9 Å². The number of nitrogens with two attached hydrogens (primary N) is 1. The molecule has 3 aromatic rings. The Balaban J connectivity index is 1.54. The van der Waals surface area contributed by atoms with Crippen LogP contribution >= 0.6 is 11.8 Å². The summed E-state index contributed by atoms with van der Waals surface area (Å²) in [5, 5.41) is 13.9. The number of hydrogen-bond donors (Lipinski definition) is 2.